The molecule has 0 N–H and O–H groups in total. The van der Waals surface area contributed by atoms with Gasteiger partial charge in [-0.05, 0) is 29.4 Å². The molecule has 0 saturated carbocycles. The van der Waals surface area contributed by atoms with Crippen LogP contribution < -0.4 is 10.6 Å². The van der Waals surface area contributed by atoms with E-state index in [2.05, 4.69) is 53.5 Å². The molecule has 0 amide bonds. The average molecular weight is 244 g/mol. The Morgan fingerprint density at radius 2 is 2.05 bits per heavy atom. The molecular formula is C17H12N2. The molecule has 2 bridgehead atoms. The second kappa shape index (κ2) is 3.15. The summed E-state index contributed by atoms with van der Waals surface area (Å²) in [5.41, 5.74) is 5.55. The maximum Gasteiger partial charge on any atom is 0.137 e. The molecule has 5 rings (SSSR count). The van der Waals surface area contributed by atoms with Crippen molar-refractivity contribution in [3.63, 3.8) is 0 Å². The molecule has 2 aliphatic carbocycles. The SMILES string of the molecule is C1=CC2=CC=C3N=c4cccc5c4=C(C5)N3C(=C1)C2. The minimum atomic E-state index is 1.01. The van der Waals surface area contributed by atoms with Crippen molar-refractivity contribution in [1.29, 1.82) is 0 Å². The molecule has 1 aromatic carbocycles. The molecule has 0 radical (unpaired) electrons. The van der Waals surface area contributed by atoms with Crippen LogP contribution in [0.25, 0.3) is 5.70 Å². The normalized spacial score (nSPS) is 21.2. The molecule has 2 nitrogen and oxygen atoms in total. The number of benzene rings is 1. The summed E-state index contributed by atoms with van der Waals surface area (Å²) < 4.78 is 0. The zero-order valence-corrected chi connectivity index (χ0v) is 10.4. The van der Waals surface area contributed by atoms with Crippen molar-refractivity contribution in [3.05, 3.63) is 81.8 Å². The molecule has 0 aromatic heterocycles. The molecule has 0 spiro atoms. The number of hydrogen-bond donors (Lipinski definition) is 0. The minimum absolute atomic E-state index is 1.01. The molecule has 1 aromatic rings. The Morgan fingerprint density at radius 3 is 3.05 bits per heavy atom. The number of nitrogens with zero attached hydrogens (tertiary/aromatic N) is 2. The van der Waals surface area contributed by atoms with Crippen molar-refractivity contribution in [3.8, 4) is 0 Å². The van der Waals surface area contributed by atoms with Gasteiger partial charge in [0.05, 0.1) is 5.36 Å². The van der Waals surface area contributed by atoms with Crippen molar-refractivity contribution in [1.82, 2.24) is 4.90 Å². The number of fused-ring (bicyclic) bond motifs is 5. The van der Waals surface area contributed by atoms with Crippen molar-refractivity contribution < 1.29 is 0 Å². The van der Waals surface area contributed by atoms with E-state index in [0.717, 1.165) is 24.0 Å². The van der Waals surface area contributed by atoms with E-state index in [1.54, 1.807) is 0 Å². The number of hydrogen-bond acceptors (Lipinski definition) is 2. The lowest BCUT2D eigenvalue weighted by molar-refractivity contribution is 0.533. The van der Waals surface area contributed by atoms with E-state index < -0.39 is 0 Å². The van der Waals surface area contributed by atoms with Crippen LogP contribution in [0.1, 0.15) is 12.0 Å². The standard InChI is InChI=1S/C17H12N2/c1-3-11-7-8-16-18-14-6-2-4-12-10-15(17(12)14)19(16)13(5-1)9-11/h1-8H,9-10H2. The highest BCUT2D eigenvalue weighted by Gasteiger charge is 2.30. The van der Waals surface area contributed by atoms with Crippen LogP contribution in [0.3, 0.4) is 0 Å². The predicted octanol–water partition coefficient (Wildman–Crippen LogP) is 1.91. The highest BCUT2D eigenvalue weighted by Crippen LogP contribution is 2.35. The van der Waals surface area contributed by atoms with Crippen LogP contribution in [0.5, 0.6) is 0 Å². The van der Waals surface area contributed by atoms with Crippen LogP contribution in [0.2, 0.25) is 0 Å². The molecule has 0 unspecified atom stereocenters. The first-order valence-electron chi connectivity index (χ1n) is 6.68. The third kappa shape index (κ3) is 1.14. The van der Waals surface area contributed by atoms with Gasteiger partial charge in [-0.15, -0.1) is 0 Å². The molecule has 90 valence electrons. The van der Waals surface area contributed by atoms with E-state index in [0.29, 0.717) is 0 Å². The van der Waals surface area contributed by atoms with Crippen LogP contribution in [0.15, 0.2) is 70.7 Å². The molecule has 2 aliphatic heterocycles. The molecule has 0 saturated heterocycles. The fraction of sp³-hybridized carbons (Fsp3) is 0.118. The van der Waals surface area contributed by atoms with Gasteiger partial charge in [-0.2, -0.15) is 0 Å². The quantitative estimate of drug-likeness (QED) is 0.680. The third-order valence-corrected chi connectivity index (χ3v) is 4.23. The lowest BCUT2D eigenvalue weighted by Crippen LogP contribution is -2.47. The second-order valence-electron chi connectivity index (χ2n) is 5.34. The van der Waals surface area contributed by atoms with E-state index in [1.165, 1.54) is 27.7 Å². The van der Waals surface area contributed by atoms with Crippen molar-refractivity contribution in [2.75, 3.05) is 0 Å². The summed E-state index contributed by atoms with van der Waals surface area (Å²) in [6, 6.07) is 6.44. The molecule has 4 aliphatic rings. The van der Waals surface area contributed by atoms with E-state index in [-0.39, 0.29) is 0 Å². The zero-order valence-electron chi connectivity index (χ0n) is 10.4. The molecule has 2 heteroatoms. The third-order valence-electron chi connectivity index (χ3n) is 4.23. The van der Waals surface area contributed by atoms with Gasteiger partial charge in [0.25, 0.3) is 0 Å². The molecule has 2 heterocycles. The maximum atomic E-state index is 4.83. The van der Waals surface area contributed by atoms with Crippen LogP contribution in [0, 0.1) is 0 Å². The summed E-state index contributed by atoms with van der Waals surface area (Å²) in [4.78, 5) is 7.18. The van der Waals surface area contributed by atoms with E-state index in [1.807, 2.05) is 0 Å². The number of allylic oxidation sites excluding steroid dienone is 6. The van der Waals surface area contributed by atoms with Gasteiger partial charge in [0.2, 0.25) is 0 Å². The Hall–Kier alpha value is -2.35. The van der Waals surface area contributed by atoms with Gasteiger partial charge in [0.15, 0.2) is 0 Å². The van der Waals surface area contributed by atoms with E-state index >= 15 is 0 Å². The van der Waals surface area contributed by atoms with Crippen molar-refractivity contribution >= 4 is 5.70 Å². The first-order chi connectivity index (χ1) is 9.40. The molecule has 19 heavy (non-hydrogen) atoms. The summed E-state index contributed by atoms with van der Waals surface area (Å²) in [5, 5.41) is 2.49. The Bertz CT molecular complexity index is 863. The summed E-state index contributed by atoms with van der Waals surface area (Å²) in [5.74, 6) is 1.06. The monoisotopic (exact) mass is 244 g/mol. The summed E-state index contributed by atoms with van der Waals surface area (Å²) >= 11 is 0. The van der Waals surface area contributed by atoms with Gasteiger partial charge in [-0.25, -0.2) is 4.99 Å². The van der Waals surface area contributed by atoms with E-state index in [4.69, 9.17) is 4.99 Å². The number of rotatable bonds is 0. The van der Waals surface area contributed by atoms with Crippen LogP contribution in [-0.4, -0.2) is 4.90 Å². The minimum Gasteiger partial charge on any atom is -0.301 e. The van der Waals surface area contributed by atoms with E-state index in [9.17, 15) is 0 Å². The van der Waals surface area contributed by atoms with Crippen LogP contribution in [0.4, 0.5) is 0 Å². The first kappa shape index (κ1) is 9.56. The van der Waals surface area contributed by atoms with Crippen LogP contribution >= 0.6 is 0 Å². The van der Waals surface area contributed by atoms with Gasteiger partial charge < -0.3 is 4.90 Å². The first-order valence-corrected chi connectivity index (χ1v) is 6.68. The zero-order chi connectivity index (χ0) is 12.4. The lowest BCUT2D eigenvalue weighted by Gasteiger charge is -2.36. The second-order valence-corrected chi connectivity index (χ2v) is 5.34. The molecular weight excluding hydrogens is 232 g/mol. The van der Waals surface area contributed by atoms with Crippen LogP contribution in [-0.2, 0) is 6.42 Å². The highest BCUT2D eigenvalue weighted by molar-refractivity contribution is 5.64. The lowest BCUT2D eigenvalue weighted by atomic mass is 9.91. The summed E-state index contributed by atoms with van der Waals surface area (Å²) in [6.07, 6.45) is 12.9. The maximum absolute atomic E-state index is 4.83. The average Bonchev–Trinajstić information content (AvgIpc) is 2.53. The molecule has 0 fully saturated rings. The van der Waals surface area contributed by atoms with Gasteiger partial charge in [-0.3, -0.25) is 0 Å². The van der Waals surface area contributed by atoms with Gasteiger partial charge in [0.1, 0.15) is 5.82 Å². The van der Waals surface area contributed by atoms with Gasteiger partial charge in [0, 0.05) is 29.5 Å². The fourth-order valence-corrected chi connectivity index (χ4v) is 3.32. The fourth-order valence-electron chi connectivity index (χ4n) is 3.32. The highest BCUT2D eigenvalue weighted by atomic mass is 15.3. The molecule has 0 atom stereocenters. The van der Waals surface area contributed by atoms with Gasteiger partial charge in [-0.1, -0.05) is 30.4 Å². The van der Waals surface area contributed by atoms with Crippen molar-refractivity contribution in [2.24, 2.45) is 4.99 Å². The van der Waals surface area contributed by atoms with Crippen molar-refractivity contribution in [2.45, 2.75) is 12.8 Å². The van der Waals surface area contributed by atoms with Gasteiger partial charge >= 0.3 is 0 Å². The summed E-state index contributed by atoms with van der Waals surface area (Å²) in [6.45, 7) is 0. The Balaban J connectivity index is 1.88. The topological polar surface area (TPSA) is 15.6 Å². The summed E-state index contributed by atoms with van der Waals surface area (Å²) in [7, 11) is 0. The Kier molecular flexibility index (Phi) is 1.59. The largest absolute Gasteiger partial charge is 0.301 e. The Labute approximate surface area is 111 Å². The smallest absolute Gasteiger partial charge is 0.137 e. The Morgan fingerprint density at radius 1 is 1.05 bits per heavy atom. The predicted molar refractivity (Wildman–Crippen MR) is 74.2 cm³/mol.